The largest absolute Gasteiger partial charge is 0.496 e. The lowest BCUT2D eigenvalue weighted by atomic mass is 10.1. The van der Waals surface area contributed by atoms with Gasteiger partial charge in [-0.1, -0.05) is 6.07 Å². The van der Waals surface area contributed by atoms with Crippen LogP contribution < -0.4 is 14.2 Å². The van der Waals surface area contributed by atoms with Crippen LogP contribution in [-0.4, -0.2) is 31.5 Å². The van der Waals surface area contributed by atoms with Gasteiger partial charge in [-0.2, -0.15) is 0 Å². The lowest BCUT2D eigenvalue weighted by molar-refractivity contribution is 0.349. The maximum Gasteiger partial charge on any atom is 0.252 e. The van der Waals surface area contributed by atoms with E-state index in [-0.39, 0.29) is 17.6 Å². The zero-order valence-corrected chi connectivity index (χ0v) is 13.4. The summed E-state index contributed by atoms with van der Waals surface area (Å²) in [7, 11) is 4.58. The standard InChI is InChI=1S/C17H15FN2O4/c1-21-13-9-15(23-3)14(22-2)8-12(13)17-20-19-16(24-17)10-5-4-6-11(18)7-10/h4-9H,1-3H3. The van der Waals surface area contributed by atoms with Gasteiger partial charge in [0.1, 0.15) is 11.6 Å². The normalized spacial score (nSPS) is 10.5. The second-order valence-corrected chi connectivity index (χ2v) is 4.83. The minimum Gasteiger partial charge on any atom is -0.496 e. The van der Waals surface area contributed by atoms with Crippen LogP contribution in [-0.2, 0) is 0 Å². The number of benzene rings is 2. The molecular formula is C17H15FN2O4. The van der Waals surface area contributed by atoms with Gasteiger partial charge in [-0.05, 0) is 18.2 Å². The molecule has 0 amide bonds. The van der Waals surface area contributed by atoms with E-state index < -0.39 is 0 Å². The second-order valence-electron chi connectivity index (χ2n) is 4.83. The molecule has 0 N–H and O–H groups in total. The molecule has 0 radical (unpaired) electrons. The Labute approximate surface area is 137 Å². The van der Waals surface area contributed by atoms with E-state index in [4.69, 9.17) is 18.6 Å². The molecule has 7 heteroatoms. The predicted octanol–water partition coefficient (Wildman–Crippen LogP) is 3.57. The molecule has 1 aromatic heterocycles. The van der Waals surface area contributed by atoms with Gasteiger partial charge in [0.25, 0.3) is 5.89 Å². The zero-order chi connectivity index (χ0) is 17.1. The fraction of sp³-hybridized carbons (Fsp3) is 0.176. The molecule has 0 unspecified atom stereocenters. The number of halogens is 1. The van der Waals surface area contributed by atoms with Crippen LogP contribution in [0.3, 0.4) is 0 Å². The first-order valence-electron chi connectivity index (χ1n) is 7.06. The Kier molecular flexibility index (Phi) is 4.33. The molecule has 0 aliphatic heterocycles. The highest BCUT2D eigenvalue weighted by molar-refractivity contribution is 5.69. The number of rotatable bonds is 5. The average Bonchev–Trinajstić information content (AvgIpc) is 3.10. The topological polar surface area (TPSA) is 66.6 Å². The Bertz CT molecular complexity index is 864. The fourth-order valence-electron chi connectivity index (χ4n) is 2.27. The fourth-order valence-corrected chi connectivity index (χ4v) is 2.27. The van der Waals surface area contributed by atoms with E-state index in [0.29, 0.717) is 28.4 Å². The van der Waals surface area contributed by atoms with E-state index in [9.17, 15) is 4.39 Å². The lowest BCUT2D eigenvalue weighted by Gasteiger charge is -2.12. The molecule has 0 bridgehead atoms. The molecule has 124 valence electrons. The summed E-state index contributed by atoms with van der Waals surface area (Å²) in [4.78, 5) is 0. The first kappa shape index (κ1) is 15.8. The van der Waals surface area contributed by atoms with Crippen LogP contribution in [0.1, 0.15) is 0 Å². The summed E-state index contributed by atoms with van der Waals surface area (Å²) in [6, 6.07) is 9.28. The summed E-state index contributed by atoms with van der Waals surface area (Å²) < 4.78 is 34.9. The Hall–Kier alpha value is -3.09. The van der Waals surface area contributed by atoms with Crippen molar-refractivity contribution in [1.82, 2.24) is 10.2 Å². The molecule has 0 spiro atoms. The summed E-state index contributed by atoms with van der Waals surface area (Å²) in [5, 5.41) is 7.98. The molecule has 6 nitrogen and oxygen atoms in total. The third kappa shape index (κ3) is 2.88. The molecular weight excluding hydrogens is 315 g/mol. The van der Waals surface area contributed by atoms with Crippen molar-refractivity contribution in [2.24, 2.45) is 0 Å². The summed E-state index contributed by atoms with van der Waals surface area (Å²) in [5.41, 5.74) is 1.04. The summed E-state index contributed by atoms with van der Waals surface area (Å²) >= 11 is 0. The number of nitrogens with zero attached hydrogens (tertiary/aromatic N) is 2. The molecule has 3 rings (SSSR count). The van der Waals surface area contributed by atoms with Crippen molar-refractivity contribution in [1.29, 1.82) is 0 Å². The Morgan fingerprint density at radius 3 is 2.17 bits per heavy atom. The summed E-state index contributed by atoms with van der Waals surface area (Å²) in [5.74, 6) is 1.56. The monoisotopic (exact) mass is 330 g/mol. The third-order valence-corrected chi connectivity index (χ3v) is 3.43. The maximum absolute atomic E-state index is 13.3. The van der Waals surface area contributed by atoms with Crippen molar-refractivity contribution in [3.8, 4) is 40.2 Å². The zero-order valence-electron chi connectivity index (χ0n) is 13.4. The average molecular weight is 330 g/mol. The smallest absolute Gasteiger partial charge is 0.252 e. The van der Waals surface area contributed by atoms with Crippen LogP contribution in [0.5, 0.6) is 17.2 Å². The molecule has 0 aliphatic carbocycles. The van der Waals surface area contributed by atoms with Crippen LogP contribution in [0, 0.1) is 5.82 Å². The molecule has 0 aliphatic rings. The Morgan fingerprint density at radius 2 is 1.50 bits per heavy atom. The molecule has 3 aromatic rings. The van der Waals surface area contributed by atoms with Gasteiger partial charge in [-0.25, -0.2) is 4.39 Å². The molecule has 2 aromatic carbocycles. The maximum atomic E-state index is 13.3. The van der Waals surface area contributed by atoms with Crippen molar-refractivity contribution >= 4 is 0 Å². The summed E-state index contributed by atoms with van der Waals surface area (Å²) in [6.07, 6.45) is 0. The lowest BCUT2D eigenvalue weighted by Crippen LogP contribution is -1.95. The van der Waals surface area contributed by atoms with Gasteiger partial charge in [-0.15, -0.1) is 10.2 Å². The number of ether oxygens (including phenoxy) is 3. The number of hydrogen-bond donors (Lipinski definition) is 0. The van der Waals surface area contributed by atoms with Gasteiger partial charge >= 0.3 is 0 Å². The molecule has 1 heterocycles. The number of aromatic nitrogens is 2. The SMILES string of the molecule is COc1cc(OC)c(-c2nnc(-c3cccc(F)c3)o2)cc1OC. The molecule has 0 atom stereocenters. The van der Waals surface area contributed by atoms with Crippen molar-refractivity contribution in [2.45, 2.75) is 0 Å². The van der Waals surface area contributed by atoms with Gasteiger partial charge in [0.05, 0.1) is 26.9 Å². The first-order valence-corrected chi connectivity index (χ1v) is 7.06. The Morgan fingerprint density at radius 1 is 0.833 bits per heavy atom. The van der Waals surface area contributed by atoms with Crippen molar-refractivity contribution in [3.63, 3.8) is 0 Å². The van der Waals surface area contributed by atoms with Crippen LogP contribution in [0.2, 0.25) is 0 Å². The third-order valence-electron chi connectivity index (χ3n) is 3.43. The molecule has 0 saturated carbocycles. The van der Waals surface area contributed by atoms with Crippen molar-refractivity contribution < 1.29 is 23.0 Å². The highest BCUT2D eigenvalue weighted by Gasteiger charge is 2.19. The van der Waals surface area contributed by atoms with Gasteiger partial charge in [0.2, 0.25) is 5.89 Å². The van der Waals surface area contributed by atoms with Crippen molar-refractivity contribution in [3.05, 3.63) is 42.2 Å². The molecule has 0 fully saturated rings. The van der Waals surface area contributed by atoms with E-state index in [1.165, 1.54) is 33.5 Å². The van der Waals surface area contributed by atoms with Crippen LogP contribution >= 0.6 is 0 Å². The van der Waals surface area contributed by atoms with Gasteiger partial charge in [0.15, 0.2) is 11.5 Å². The van der Waals surface area contributed by atoms with Gasteiger partial charge < -0.3 is 18.6 Å². The van der Waals surface area contributed by atoms with E-state index in [1.54, 1.807) is 24.3 Å². The second kappa shape index (κ2) is 6.57. The van der Waals surface area contributed by atoms with Crippen LogP contribution in [0.4, 0.5) is 4.39 Å². The van der Waals surface area contributed by atoms with Crippen LogP contribution in [0.25, 0.3) is 22.9 Å². The predicted molar refractivity (Wildman–Crippen MR) is 84.8 cm³/mol. The molecule has 0 saturated heterocycles. The highest BCUT2D eigenvalue weighted by Crippen LogP contribution is 2.40. The number of methoxy groups -OCH3 is 3. The molecule has 24 heavy (non-hydrogen) atoms. The number of hydrogen-bond acceptors (Lipinski definition) is 6. The van der Waals surface area contributed by atoms with E-state index in [0.717, 1.165) is 0 Å². The first-order chi connectivity index (χ1) is 11.7. The van der Waals surface area contributed by atoms with Crippen LogP contribution in [0.15, 0.2) is 40.8 Å². The highest BCUT2D eigenvalue weighted by atomic mass is 19.1. The summed E-state index contributed by atoms with van der Waals surface area (Å²) in [6.45, 7) is 0. The van der Waals surface area contributed by atoms with Gasteiger partial charge in [0, 0.05) is 17.7 Å². The van der Waals surface area contributed by atoms with Crippen molar-refractivity contribution in [2.75, 3.05) is 21.3 Å². The minimum atomic E-state index is -0.379. The van der Waals surface area contributed by atoms with Gasteiger partial charge in [-0.3, -0.25) is 0 Å². The Balaban J connectivity index is 2.06. The minimum absolute atomic E-state index is 0.210. The van der Waals surface area contributed by atoms with E-state index in [2.05, 4.69) is 10.2 Å². The van der Waals surface area contributed by atoms with E-state index >= 15 is 0 Å². The van der Waals surface area contributed by atoms with E-state index in [1.807, 2.05) is 0 Å². The quantitative estimate of drug-likeness (QED) is 0.712.